The van der Waals surface area contributed by atoms with Gasteiger partial charge in [-0.1, -0.05) is 0 Å². The van der Waals surface area contributed by atoms with Gasteiger partial charge in [-0.25, -0.2) is 4.98 Å². The fourth-order valence-electron chi connectivity index (χ4n) is 1.29. The first-order valence-electron chi connectivity index (χ1n) is 6.17. The van der Waals surface area contributed by atoms with Gasteiger partial charge in [0, 0.05) is 0 Å². The molecular formula is C11H19N5O5. The van der Waals surface area contributed by atoms with Gasteiger partial charge in [0.1, 0.15) is 6.73 Å². The van der Waals surface area contributed by atoms with Crippen molar-refractivity contribution in [2.75, 3.05) is 25.6 Å². The zero-order valence-electron chi connectivity index (χ0n) is 11.6. The standard InChI is InChI=1S/C8H11N5O3.C3H8O2/c9-8-11-6-5(7(15)12-8)10-3-13(6)4-16-2-1-14;1-3(5)2-4/h3,14H,1-2,4H2,(H3,9,11,12,15);3-5H,2H2,1H3. The third-order valence-corrected chi connectivity index (χ3v) is 2.22. The normalized spacial score (nSPS) is 12.0. The van der Waals surface area contributed by atoms with Crippen LogP contribution in [-0.4, -0.2) is 60.8 Å². The van der Waals surface area contributed by atoms with Crippen molar-refractivity contribution in [1.29, 1.82) is 0 Å². The lowest BCUT2D eigenvalue weighted by Crippen LogP contribution is -2.13. The Morgan fingerprint density at radius 1 is 1.52 bits per heavy atom. The number of aromatic nitrogens is 4. The molecule has 2 aromatic rings. The smallest absolute Gasteiger partial charge is 0.280 e. The summed E-state index contributed by atoms with van der Waals surface area (Å²) >= 11 is 0. The van der Waals surface area contributed by atoms with Gasteiger partial charge in [-0.15, -0.1) is 0 Å². The predicted molar refractivity (Wildman–Crippen MR) is 74.4 cm³/mol. The highest BCUT2D eigenvalue weighted by molar-refractivity contribution is 5.70. The molecule has 10 heteroatoms. The Labute approximate surface area is 119 Å². The van der Waals surface area contributed by atoms with E-state index in [1.807, 2.05) is 0 Å². The zero-order valence-corrected chi connectivity index (χ0v) is 11.6. The number of anilines is 1. The van der Waals surface area contributed by atoms with E-state index in [9.17, 15) is 4.79 Å². The van der Waals surface area contributed by atoms with E-state index in [1.165, 1.54) is 17.8 Å². The number of nitrogens with two attached hydrogens (primary N) is 1. The van der Waals surface area contributed by atoms with Crippen LogP contribution in [0.25, 0.3) is 11.2 Å². The fraction of sp³-hybridized carbons (Fsp3) is 0.545. The molecule has 1 atom stereocenters. The van der Waals surface area contributed by atoms with Gasteiger partial charge in [-0.2, -0.15) is 4.98 Å². The molecule has 0 saturated carbocycles. The number of aliphatic hydroxyl groups excluding tert-OH is 3. The van der Waals surface area contributed by atoms with E-state index >= 15 is 0 Å². The summed E-state index contributed by atoms with van der Waals surface area (Å²) in [6.45, 7) is 1.69. The summed E-state index contributed by atoms with van der Waals surface area (Å²) in [5, 5.41) is 24.6. The summed E-state index contributed by atoms with van der Waals surface area (Å²) in [4.78, 5) is 21.6. The molecule has 0 saturated heterocycles. The topological polar surface area (TPSA) is 160 Å². The lowest BCUT2D eigenvalue weighted by Gasteiger charge is -2.03. The Balaban J connectivity index is 0.000000383. The molecule has 0 amide bonds. The number of H-pyrrole nitrogens is 1. The van der Waals surface area contributed by atoms with Crippen LogP contribution in [0.15, 0.2) is 11.1 Å². The van der Waals surface area contributed by atoms with Gasteiger partial charge in [0.05, 0.1) is 32.3 Å². The number of aliphatic hydroxyl groups is 3. The van der Waals surface area contributed by atoms with Crippen LogP contribution in [0.4, 0.5) is 5.95 Å². The largest absolute Gasteiger partial charge is 0.394 e. The molecule has 0 bridgehead atoms. The summed E-state index contributed by atoms with van der Waals surface area (Å²) < 4.78 is 6.63. The lowest BCUT2D eigenvalue weighted by molar-refractivity contribution is 0.0499. The van der Waals surface area contributed by atoms with E-state index < -0.39 is 6.10 Å². The van der Waals surface area contributed by atoms with Gasteiger partial charge in [-0.05, 0) is 6.92 Å². The van der Waals surface area contributed by atoms with Crippen LogP contribution in [-0.2, 0) is 11.5 Å². The van der Waals surface area contributed by atoms with E-state index in [-0.39, 0.29) is 43.6 Å². The third-order valence-electron chi connectivity index (χ3n) is 2.22. The van der Waals surface area contributed by atoms with Gasteiger partial charge in [0.25, 0.3) is 5.56 Å². The maximum absolute atomic E-state index is 11.4. The molecule has 0 aliphatic heterocycles. The number of hydrogen-bond acceptors (Lipinski definition) is 8. The van der Waals surface area contributed by atoms with Crippen LogP contribution in [0, 0.1) is 0 Å². The SMILES string of the molecule is CC(O)CO.Nc1nc2c(ncn2COCCO)c(=O)[nH]1. The maximum atomic E-state index is 11.4. The van der Waals surface area contributed by atoms with Gasteiger partial charge in [0.15, 0.2) is 11.2 Å². The number of imidazole rings is 1. The van der Waals surface area contributed by atoms with Crippen molar-refractivity contribution in [3.8, 4) is 0 Å². The molecule has 0 spiro atoms. The van der Waals surface area contributed by atoms with Crippen LogP contribution in [0.1, 0.15) is 6.92 Å². The van der Waals surface area contributed by atoms with E-state index in [1.54, 1.807) is 0 Å². The Kier molecular flexibility index (Phi) is 6.75. The van der Waals surface area contributed by atoms with Crippen LogP contribution in [0.2, 0.25) is 0 Å². The lowest BCUT2D eigenvalue weighted by atomic mass is 10.5. The molecule has 21 heavy (non-hydrogen) atoms. The third kappa shape index (κ3) is 5.11. The van der Waals surface area contributed by atoms with Crippen LogP contribution < -0.4 is 11.3 Å². The summed E-state index contributed by atoms with van der Waals surface area (Å²) in [5.41, 5.74) is 5.60. The van der Waals surface area contributed by atoms with Crippen molar-refractivity contribution in [3.05, 3.63) is 16.7 Å². The van der Waals surface area contributed by atoms with Gasteiger partial charge in [0.2, 0.25) is 5.95 Å². The van der Waals surface area contributed by atoms with Gasteiger partial charge in [-0.3, -0.25) is 14.3 Å². The average molecular weight is 301 g/mol. The number of rotatable bonds is 5. The van der Waals surface area contributed by atoms with Gasteiger partial charge >= 0.3 is 0 Å². The number of nitrogens with one attached hydrogen (secondary N) is 1. The van der Waals surface area contributed by atoms with Crippen molar-refractivity contribution in [2.45, 2.75) is 19.8 Å². The molecule has 10 nitrogen and oxygen atoms in total. The first kappa shape index (κ1) is 17.0. The number of nitrogens with zero attached hydrogens (tertiary/aromatic N) is 3. The monoisotopic (exact) mass is 301 g/mol. The Morgan fingerprint density at radius 2 is 2.19 bits per heavy atom. The number of hydrogen-bond donors (Lipinski definition) is 5. The number of aromatic amines is 1. The molecule has 6 N–H and O–H groups in total. The zero-order chi connectivity index (χ0) is 15.8. The van der Waals surface area contributed by atoms with Crippen molar-refractivity contribution >= 4 is 17.1 Å². The molecule has 118 valence electrons. The van der Waals surface area contributed by atoms with Crippen molar-refractivity contribution in [1.82, 2.24) is 19.5 Å². The van der Waals surface area contributed by atoms with Crippen molar-refractivity contribution < 1.29 is 20.1 Å². The Bertz CT molecular complexity index is 609. The minimum absolute atomic E-state index is 0.0291. The number of nitrogen functional groups attached to an aromatic ring is 1. The Morgan fingerprint density at radius 3 is 2.76 bits per heavy atom. The van der Waals surface area contributed by atoms with Crippen LogP contribution >= 0.6 is 0 Å². The van der Waals surface area contributed by atoms with E-state index in [0.717, 1.165) is 0 Å². The van der Waals surface area contributed by atoms with E-state index in [0.29, 0.717) is 5.65 Å². The highest BCUT2D eigenvalue weighted by atomic mass is 16.5. The molecule has 0 fully saturated rings. The molecule has 2 rings (SSSR count). The van der Waals surface area contributed by atoms with Crippen molar-refractivity contribution in [2.24, 2.45) is 0 Å². The highest BCUT2D eigenvalue weighted by Gasteiger charge is 2.08. The summed E-state index contributed by atoms with van der Waals surface area (Å²) in [6, 6.07) is 0. The fourth-order valence-corrected chi connectivity index (χ4v) is 1.29. The first-order valence-corrected chi connectivity index (χ1v) is 6.17. The molecule has 0 radical (unpaired) electrons. The Hall–Kier alpha value is -2.01. The molecule has 0 aliphatic rings. The second-order valence-electron chi connectivity index (χ2n) is 4.13. The van der Waals surface area contributed by atoms with Crippen LogP contribution in [0.3, 0.4) is 0 Å². The van der Waals surface area contributed by atoms with Crippen LogP contribution in [0.5, 0.6) is 0 Å². The average Bonchev–Trinajstić information content (AvgIpc) is 2.83. The minimum Gasteiger partial charge on any atom is -0.394 e. The highest BCUT2D eigenvalue weighted by Crippen LogP contribution is 2.05. The molecule has 2 heterocycles. The van der Waals surface area contributed by atoms with Crippen molar-refractivity contribution in [3.63, 3.8) is 0 Å². The quantitative estimate of drug-likeness (QED) is 0.397. The maximum Gasteiger partial charge on any atom is 0.280 e. The minimum atomic E-state index is -0.560. The summed E-state index contributed by atoms with van der Waals surface area (Å²) in [7, 11) is 0. The summed E-state index contributed by atoms with van der Waals surface area (Å²) in [6.07, 6.45) is 0.874. The molecule has 0 aliphatic carbocycles. The second kappa shape index (κ2) is 8.32. The molecular weight excluding hydrogens is 282 g/mol. The molecule has 2 aromatic heterocycles. The molecule has 1 unspecified atom stereocenters. The number of fused-ring (bicyclic) bond motifs is 1. The second-order valence-corrected chi connectivity index (χ2v) is 4.13. The van der Waals surface area contributed by atoms with Gasteiger partial charge < -0.3 is 25.8 Å². The molecule has 0 aromatic carbocycles. The summed E-state index contributed by atoms with van der Waals surface area (Å²) in [5.74, 6) is 0.0291. The number of ether oxygens (including phenoxy) is 1. The van der Waals surface area contributed by atoms with E-state index in [2.05, 4.69) is 15.0 Å². The predicted octanol–water partition coefficient (Wildman–Crippen LogP) is -1.97. The van der Waals surface area contributed by atoms with E-state index in [4.69, 9.17) is 25.8 Å². The first-order chi connectivity index (χ1) is 9.99.